The van der Waals surface area contributed by atoms with Gasteiger partial charge in [-0.2, -0.15) is 8.78 Å². The van der Waals surface area contributed by atoms with Crippen molar-refractivity contribution in [1.29, 1.82) is 0 Å². The summed E-state index contributed by atoms with van der Waals surface area (Å²) in [6.45, 7) is 5.91. The van der Waals surface area contributed by atoms with E-state index in [9.17, 15) is 56.7 Å². The minimum absolute atomic E-state index is 0.0345. The maximum atomic E-state index is 14.7. The number of carbonyl (C=O) groups excluding carboxylic acids is 7. The molecule has 5 N–H and O–H groups in total. The van der Waals surface area contributed by atoms with Crippen LogP contribution in [0.2, 0.25) is 0 Å². The summed E-state index contributed by atoms with van der Waals surface area (Å²) in [6.07, 6.45) is 3.55. The summed E-state index contributed by atoms with van der Waals surface area (Å²) in [7, 11) is -5.84. The van der Waals surface area contributed by atoms with Gasteiger partial charge in [0.2, 0.25) is 29.5 Å². The number of hydrogen-bond donors (Lipinski definition) is 5. The third-order valence-electron chi connectivity index (χ3n) is 12.8. The standard InChI is InChI=1S/C50H51F2N6O11PS/c1-49(2,3)43(55-45(62)40-27-31-25-32(13-17-39(31)71-40)50(51,52)70(66,67)68)48(65)57-22-8-12-37(57)47(64)56(33-14-16-38-30(26-33)20-24-69-38)23-19-41(59)53-21-6-4-5-9-29-10-7-11-34-35(29)28-58(46(34)63)36-15-18-42(60)54-44(36)61/h7,10-11,13-14,16-17,20,24-27,36-37,43H,4,6,8,12,15,18-19,21-23,28H2,1-3H3,(H,53,59)(H,55,62)(H,54,60,61)(H2,66,67,68)/t36?,37-,43+/m0/s1. The minimum Gasteiger partial charge on any atom is -0.464 e. The van der Waals surface area contributed by atoms with E-state index in [1.807, 2.05) is 0 Å². The van der Waals surface area contributed by atoms with Crippen molar-refractivity contribution in [2.45, 2.75) is 96.1 Å². The van der Waals surface area contributed by atoms with Gasteiger partial charge in [-0.15, -0.1) is 11.3 Å². The van der Waals surface area contributed by atoms with Gasteiger partial charge in [-0.3, -0.25) is 43.4 Å². The minimum atomic E-state index is -5.84. The first kappa shape index (κ1) is 50.6. The van der Waals surface area contributed by atoms with Crippen molar-refractivity contribution < 1.29 is 61.1 Å². The number of alkyl halides is 2. The van der Waals surface area contributed by atoms with E-state index in [4.69, 9.17) is 4.42 Å². The van der Waals surface area contributed by atoms with Crippen LogP contribution in [-0.2, 0) is 40.7 Å². The van der Waals surface area contributed by atoms with Crippen molar-refractivity contribution >= 4 is 87.0 Å². The molecule has 0 spiro atoms. The van der Waals surface area contributed by atoms with Gasteiger partial charge in [0.15, 0.2) is 0 Å². The molecule has 8 rings (SSSR count). The van der Waals surface area contributed by atoms with Gasteiger partial charge >= 0.3 is 13.3 Å². The van der Waals surface area contributed by atoms with Crippen LogP contribution in [-0.4, -0.2) is 98.7 Å². The van der Waals surface area contributed by atoms with Crippen LogP contribution >= 0.6 is 18.9 Å². The Balaban J connectivity index is 0.905. The van der Waals surface area contributed by atoms with E-state index in [2.05, 4.69) is 27.8 Å². The van der Waals surface area contributed by atoms with Crippen LogP contribution in [0.25, 0.3) is 21.1 Å². The predicted octanol–water partition coefficient (Wildman–Crippen LogP) is 6.14. The zero-order chi connectivity index (χ0) is 51.0. The Hall–Kier alpha value is -6.78. The molecule has 3 aromatic carbocycles. The summed E-state index contributed by atoms with van der Waals surface area (Å²) < 4.78 is 46.5. The number of fused-ring (bicyclic) bond motifs is 3. The highest BCUT2D eigenvalue weighted by atomic mass is 32.1. The Morgan fingerprint density at radius 3 is 2.55 bits per heavy atom. The lowest BCUT2D eigenvalue weighted by Gasteiger charge is -2.36. The third kappa shape index (κ3) is 10.6. The van der Waals surface area contributed by atoms with E-state index in [1.54, 1.807) is 63.2 Å². The molecule has 0 bridgehead atoms. The Morgan fingerprint density at radius 1 is 1.01 bits per heavy atom. The number of unbranched alkanes of at least 4 members (excludes halogenated alkanes) is 1. The van der Waals surface area contributed by atoms with E-state index in [0.29, 0.717) is 63.7 Å². The van der Waals surface area contributed by atoms with Crippen molar-refractivity contribution in [3.63, 3.8) is 0 Å². The second-order valence-corrected chi connectivity index (χ2v) is 21.5. The van der Waals surface area contributed by atoms with E-state index in [0.717, 1.165) is 23.5 Å². The average Bonchev–Trinajstić information content (AvgIpc) is 4.15. The maximum Gasteiger partial charge on any atom is 0.399 e. The Morgan fingerprint density at radius 2 is 1.80 bits per heavy atom. The lowest BCUT2D eigenvalue weighted by atomic mass is 9.85. The van der Waals surface area contributed by atoms with E-state index in [-0.39, 0.29) is 73.4 Å². The summed E-state index contributed by atoms with van der Waals surface area (Å²) in [4.78, 5) is 117. The highest BCUT2D eigenvalue weighted by Gasteiger charge is 2.50. The molecule has 3 aliphatic rings. The Bertz CT molecular complexity index is 3090. The van der Waals surface area contributed by atoms with Gasteiger partial charge < -0.3 is 39.5 Å². The zero-order valence-electron chi connectivity index (χ0n) is 39.0. The second-order valence-electron chi connectivity index (χ2n) is 18.8. The number of anilines is 1. The van der Waals surface area contributed by atoms with Gasteiger partial charge in [0.1, 0.15) is 23.7 Å². The molecule has 2 saturated heterocycles. The molecule has 17 nitrogen and oxygen atoms in total. The second kappa shape index (κ2) is 20.1. The average molecular weight is 1010 g/mol. The van der Waals surface area contributed by atoms with Gasteiger partial charge in [0.05, 0.1) is 11.1 Å². The predicted molar refractivity (Wildman–Crippen MR) is 258 cm³/mol. The van der Waals surface area contributed by atoms with E-state index in [1.165, 1.54) is 33.1 Å². The summed E-state index contributed by atoms with van der Waals surface area (Å²) in [5.74, 6) is 3.13. The molecule has 5 aromatic rings. The summed E-state index contributed by atoms with van der Waals surface area (Å²) in [6, 6.07) is 13.7. The number of furan rings is 1. The molecule has 2 aromatic heterocycles. The first-order valence-corrected chi connectivity index (χ1v) is 25.4. The van der Waals surface area contributed by atoms with Crippen molar-refractivity contribution in [3.05, 3.63) is 100 Å². The van der Waals surface area contributed by atoms with Crippen LogP contribution in [0, 0.1) is 17.3 Å². The number of likely N-dealkylation sites (tertiary alicyclic amines) is 1. The van der Waals surface area contributed by atoms with Crippen molar-refractivity contribution in [2.24, 2.45) is 5.41 Å². The highest BCUT2D eigenvalue weighted by Crippen LogP contribution is 2.59. The molecule has 0 radical (unpaired) electrons. The molecule has 372 valence electrons. The fraction of sp³-hybridized carbons (Fsp3) is 0.380. The van der Waals surface area contributed by atoms with Crippen molar-refractivity contribution in [3.8, 4) is 11.8 Å². The number of carbonyl (C=O) groups is 7. The fourth-order valence-electron chi connectivity index (χ4n) is 9.05. The number of imide groups is 1. The zero-order valence-corrected chi connectivity index (χ0v) is 40.7. The maximum absolute atomic E-state index is 14.7. The van der Waals surface area contributed by atoms with Gasteiger partial charge in [0.25, 0.3) is 11.8 Å². The summed E-state index contributed by atoms with van der Waals surface area (Å²) >= 11 is 0.950. The molecule has 5 heterocycles. The van der Waals surface area contributed by atoms with Crippen molar-refractivity contribution in [1.82, 2.24) is 25.8 Å². The number of nitrogens with one attached hydrogen (secondary N) is 3. The van der Waals surface area contributed by atoms with Crippen LogP contribution in [0.1, 0.15) is 102 Å². The number of rotatable bonds is 14. The van der Waals surface area contributed by atoms with Gasteiger partial charge in [0, 0.05) is 77.9 Å². The SMILES string of the molecule is CC(C)(C)[C@H](NC(=O)c1cc2cc(C(F)(F)P(=O)(O)O)ccc2s1)C(=O)N1CCC[C@H]1C(=O)N(CCC(=O)NCCCC#Cc1cccc2c1CN(C1CCC(=O)NC1=O)C2=O)c1ccc2occc2c1. The van der Waals surface area contributed by atoms with E-state index < -0.39 is 66.0 Å². The number of benzene rings is 3. The molecule has 3 atom stereocenters. The normalized spacial score (nSPS) is 17.7. The molecule has 0 saturated carbocycles. The Labute approximate surface area is 410 Å². The monoisotopic (exact) mass is 1010 g/mol. The fourth-order valence-corrected chi connectivity index (χ4v) is 10.5. The number of amides is 7. The molecule has 3 aliphatic heterocycles. The number of nitrogens with zero attached hydrogens (tertiary/aromatic N) is 3. The lowest BCUT2D eigenvalue weighted by molar-refractivity contribution is -0.141. The number of halogens is 2. The van der Waals surface area contributed by atoms with Crippen LogP contribution in [0.15, 0.2) is 77.4 Å². The van der Waals surface area contributed by atoms with Crippen LogP contribution < -0.4 is 20.9 Å². The summed E-state index contributed by atoms with van der Waals surface area (Å²) in [5.41, 5.74) is -3.35. The molecule has 71 heavy (non-hydrogen) atoms. The molecule has 1 unspecified atom stereocenters. The lowest BCUT2D eigenvalue weighted by Crippen LogP contribution is -2.58. The van der Waals surface area contributed by atoms with Gasteiger partial charge in [-0.05, 0) is 96.6 Å². The quantitative estimate of drug-likeness (QED) is 0.0367. The molecule has 7 amide bonds. The van der Waals surface area contributed by atoms with Crippen LogP contribution in [0.3, 0.4) is 0 Å². The summed E-state index contributed by atoms with van der Waals surface area (Å²) in [5, 5.41) is 8.86. The first-order valence-electron chi connectivity index (χ1n) is 23.0. The topological polar surface area (TPSA) is 236 Å². The molecule has 0 aliphatic carbocycles. The van der Waals surface area contributed by atoms with Gasteiger partial charge in [-0.1, -0.05) is 44.7 Å². The number of piperidine rings is 1. The smallest absolute Gasteiger partial charge is 0.399 e. The largest absolute Gasteiger partial charge is 0.464 e. The first-order chi connectivity index (χ1) is 33.6. The third-order valence-corrected chi connectivity index (χ3v) is 14.9. The number of thiophene rings is 1. The molecular formula is C50H51F2N6O11PS. The molecular weight excluding hydrogens is 962 g/mol. The van der Waals surface area contributed by atoms with Crippen LogP contribution in [0.4, 0.5) is 14.5 Å². The van der Waals surface area contributed by atoms with Crippen molar-refractivity contribution in [2.75, 3.05) is 24.5 Å². The van der Waals surface area contributed by atoms with Crippen LogP contribution in [0.5, 0.6) is 0 Å². The highest BCUT2D eigenvalue weighted by molar-refractivity contribution is 7.52. The van der Waals surface area contributed by atoms with E-state index >= 15 is 0 Å². The Kier molecular flexibility index (Phi) is 14.4. The molecule has 2 fully saturated rings. The van der Waals surface area contributed by atoms with Gasteiger partial charge in [-0.25, -0.2) is 0 Å². The number of hydrogen-bond acceptors (Lipinski definition) is 10. The molecule has 21 heteroatoms.